The molecule has 1 aliphatic heterocycles. The number of hydrogen-bond donors (Lipinski definition) is 1. The van der Waals surface area contributed by atoms with E-state index in [1.165, 1.54) is 49.8 Å². The second kappa shape index (κ2) is 7.13. The zero-order valence-electron chi connectivity index (χ0n) is 13.1. The van der Waals surface area contributed by atoms with E-state index in [-0.39, 0.29) is 0 Å². The molecule has 3 heteroatoms. The van der Waals surface area contributed by atoms with Crippen molar-refractivity contribution in [2.45, 2.75) is 51.6 Å². The fourth-order valence-electron chi connectivity index (χ4n) is 3.86. The van der Waals surface area contributed by atoms with Crippen LogP contribution in [0.15, 0.2) is 18.2 Å². The Bertz CT molecular complexity index is 468. The van der Waals surface area contributed by atoms with Crippen LogP contribution >= 0.6 is 11.6 Å². The number of rotatable bonds is 3. The molecule has 1 N–H and O–H groups in total. The van der Waals surface area contributed by atoms with Gasteiger partial charge in [-0.05, 0) is 42.9 Å². The summed E-state index contributed by atoms with van der Waals surface area (Å²) in [4.78, 5) is 2.58. The van der Waals surface area contributed by atoms with Crippen molar-refractivity contribution < 1.29 is 0 Å². The molecule has 0 bridgehead atoms. The lowest BCUT2D eigenvalue weighted by atomic mass is 9.83. The van der Waals surface area contributed by atoms with Crippen LogP contribution < -0.4 is 5.32 Å². The molecule has 0 amide bonds. The van der Waals surface area contributed by atoms with Crippen molar-refractivity contribution >= 4 is 11.6 Å². The van der Waals surface area contributed by atoms with Crippen molar-refractivity contribution in [3.8, 4) is 0 Å². The van der Waals surface area contributed by atoms with Gasteiger partial charge in [-0.2, -0.15) is 0 Å². The van der Waals surface area contributed by atoms with E-state index in [1.54, 1.807) is 0 Å². The highest BCUT2D eigenvalue weighted by Crippen LogP contribution is 2.28. The van der Waals surface area contributed by atoms with Crippen molar-refractivity contribution in [1.29, 1.82) is 0 Å². The normalized spacial score (nSPS) is 25.1. The highest BCUT2D eigenvalue weighted by Gasteiger charge is 2.28. The van der Waals surface area contributed by atoms with Crippen LogP contribution in [0.5, 0.6) is 0 Å². The maximum absolute atomic E-state index is 6.39. The topological polar surface area (TPSA) is 15.3 Å². The molecule has 1 saturated carbocycles. The third-order valence-electron chi connectivity index (χ3n) is 5.11. The minimum atomic E-state index is 0.684. The minimum Gasteiger partial charge on any atom is -0.311 e. The predicted octanol–water partition coefficient (Wildman–Crippen LogP) is 4.00. The Balaban J connectivity index is 1.60. The first kappa shape index (κ1) is 15.3. The van der Waals surface area contributed by atoms with Crippen LogP contribution in [0.1, 0.15) is 43.2 Å². The van der Waals surface area contributed by atoms with E-state index in [1.807, 2.05) is 0 Å². The second-order valence-electron chi connectivity index (χ2n) is 6.79. The summed E-state index contributed by atoms with van der Waals surface area (Å²) in [5.74, 6) is 0.884. The molecular formula is C18H27ClN2. The van der Waals surface area contributed by atoms with Gasteiger partial charge in [0.05, 0.1) is 0 Å². The van der Waals surface area contributed by atoms with Crippen LogP contribution in [-0.4, -0.2) is 30.6 Å². The van der Waals surface area contributed by atoms with E-state index in [2.05, 4.69) is 35.3 Å². The molecule has 2 fully saturated rings. The zero-order valence-corrected chi connectivity index (χ0v) is 13.8. The van der Waals surface area contributed by atoms with Gasteiger partial charge in [0.15, 0.2) is 0 Å². The molecule has 0 radical (unpaired) electrons. The van der Waals surface area contributed by atoms with E-state index in [0.717, 1.165) is 30.6 Å². The Morgan fingerprint density at radius 2 is 2.05 bits per heavy atom. The first-order valence-electron chi connectivity index (χ1n) is 8.43. The number of benzene rings is 1. The summed E-state index contributed by atoms with van der Waals surface area (Å²) in [6, 6.07) is 7.12. The lowest BCUT2D eigenvalue weighted by Crippen LogP contribution is -2.53. The fourth-order valence-corrected chi connectivity index (χ4v) is 4.15. The van der Waals surface area contributed by atoms with Crippen molar-refractivity contribution in [3.05, 3.63) is 34.3 Å². The fraction of sp³-hybridized carbons (Fsp3) is 0.667. The highest BCUT2D eigenvalue weighted by molar-refractivity contribution is 6.31. The van der Waals surface area contributed by atoms with Gasteiger partial charge in [0, 0.05) is 37.2 Å². The van der Waals surface area contributed by atoms with Gasteiger partial charge in [-0.25, -0.2) is 0 Å². The number of aryl methyl sites for hydroxylation is 1. The van der Waals surface area contributed by atoms with Crippen LogP contribution in [0.4, 0.5) is 0 Å². The second-order valence-corrected chi connectivity index (χ2v) is 7.20. The molecule has 1 saturated heterocycles. The molecule has 0 spiro atoms. The maximum atomic E-state index is 6.39. The number of halogens is 1. The molecule has 1 aromatic rings. The third kappa shape index (κ3) is 4.00. The van der Waals surface area contributed by atoms with Gasteiger partial charge in [-0.1, -0.05) is 43.0 Å². The van der Waals surface area contributed by atoms with E-state index in [4.69, 9.17) is 11.6 Å². The van der Waals surface area contributed by atoms with Gasteiger partial charge in [0.25, 0.3) is 0 Å². The zero-order chi connectivity index (χ0) is 14.7. The van der Waals surface area contributed by atoms with Gasteiger partial charge in [0.1, 0.15) is 0 Å². The van der Waals surface area contributed by atoms with Crippen molar-refractivity contribution in [1.82, 2.24) is 10.2 Å². The molecule has 1 aromatic carbocycles. The number of nitrogens with zero attached hydrogens (tertiary/aromatic N) is 1. The average molecular weight is 307 g/mol. The van der Waals surface area contributed by atoms with E-state index >= 15 is 0 Å². The van der Waals surface area contributed by atoms with Crippen LogP contribution in [0.2, 0.25) is 5.02 Å². The Hall–Kier alpha value is -0.570. The van der Waals surface area contributed by atoms with Gasteiger partial charge < -0.3 is 5.32 Å². The summed E-state index contributed by atoms with van der Waals surface area (Å²) in [5.41, 5.74) is 2.51. The summed E-state index contributed by atoms with van der Waals surface area (Å²) >= 11 is 6.39. The standard InChI is InChI=1S/C18H27ClN2/c1-14-7-8-16(17(19)11-14)12-21-10-9-20-18(13-21)15-5-3-2-4-6-15/h7-8,11,15,18,20H,2-6,9-10,12-13H2,1H3. The molecule has 1 heterocycles. The molecule has 116 valence electrons. The molecule has 1 unspecified atom stereocenters. The average Bonchev–Trinajstić information content (AvgIpc) is 2.51. The Morgan fingerprint density at radius 1 is 1.24 bits per heavy atom. The van der Waals surface area contributed by atoms with Crippen LogP contribution in [-0.2, 0) is 6.54 Å². The lowest BCUT2D eigenvalue weighted by molar-refractivity contribution is 0.141. The smallest absolute Gasteiger partial charge is 0.0453 e. The van der Waals surface area contributed by atoms with Crippen molar-refractivity contribution in [3.63, 3.8) is 0 Å². The monoisotopic (exact) mass is 306 g/mol. The Kier molecular flexibility index (Phi) is 5.20. The van der Waals surface area contributed by atoms with Gasteiger partial charge in [-0.15, -0.1) is 0 Å². The molecule has 2 nitrogen and oxygen atoms in total. The van der Waals surface area contributed by atoms with Crippen LogP contribution in [0.25, 0.3) is 0 Å². The Labute approximate surface area is 133 Å². The first-order valence-corrected chi connectivity index (χ1v) is 8.81. The van der Waals surface area contributed by atoms with Crippen LogP contribution in [0, 0.1) is 12.8 Å². The lowest BCUT2D eigenvalue weighted by Gasteiger charge is -2.39. The molecule has 0 aromatic heterocycles. The predicted molar refractivity (Wildman–Crippen MR) is 89.8 cm³/mol. The highest BCUT2D eigenvalue weighted by atomic mass is 35.5. The largest absolute Gasteiger partial charge is 0.311 e. The number of hydrogen-bond acceptors (Lipinski definition) is 2. The van der Waals surface area contributed by atoms with Crippen LogP contribution in [0.3, 0.4) is 0 Å². The van der Waals surface area contributed by atoms with Gasteiger partial charge in [-0.3, -0.25) is 4.90 Å². The summed E-state index contributed by atoms with van der Waals surface area (Å²) in [7, 11) is 0. The number of piperazine rings is 1. The molecule has 1 atom stereocenters. The van der Waals surface area contributed by atoms with Gasteiger partial charge >= 0.3 is 0 Å². The molecule has 1 aliphatic carbocycles. The van der Waals surface area contributed by atoms with Gasteiger partial charge in [0.2, 0.25) is 0 Å². The van der Waals surface area contributed by atoms with E-state index in [0.29, 0.717) is 6.04 Å². The SMILES string of the molecule is Cc1ccc(CN2CCNC(C3CCCCC3)C2)c(Cl)c1. The molecule has 3 rings (SSSR count). The van der Waals surface area contributed by atoms with Crippen molar-refractivity contribution in [2.24, 2.45) is 5.92 Å². The van der Waals surface area contributed by atoms with Crippen molar-refractivity contribution in [2.75, 3.05) is 19.6 Å². The number of nitrogens with one attached hydrogen (secondary N) is 1. The summed E-state index contributed by atoms with van der Waals surface area (Å²) < 4.78 is 0. The maximum Gasteiger partial charge on any atom is 0.0453 e. The molecule has 21 heavy (non-hydrogen) atoms. The summed E-state index contributed by atoms with van der Waals surface area (Å²) in [6.45, 7) is 6.51. The summed E-state index contributed by atoms with van der Waals surface area (Å²) in [5, 5.41) is 4.67. The van der Waals surface area contributed by atoms with E-state index < -0.39 is 0 Å². The third-order valence-corrected chi connectivity index (χ3v) is 5.46. The molecular weight excluding hydrogens is 280 g/mol. The minimum absolute atomic E-state index is 0.684. The Morgan fingerprint density at radius 3 is 2.81 bits per heavy atom. The summed E-state index contributed by atoms with van der Waals surface area (Å²) in [6.07, 6.45) is 7.11. The van der Waals surface area contributed by atoms with E-state index in [9.17, 15) is 0 Å². The molecule has 2 aliphatic rings. The quantitative estimate of drug-likeness (QED) is 0.908. The first-order chi connectivity index (χ1) is 10.2.